The number of hydrogen-bond donors (Lipinski definition) is 1. The summed E-state index contributed by atoms with van der Waals surface area (Å²) in [6.07, 6.45) is 0.937. The summed E-state index contributed by atoms with van der Waals surface area (Å²) in [5, 5.41) is 4.68. The number of carbonyl (C=O) groups excluding carboxylic acids is 1. The molecule has 0 saturated carbocycles. The number of rotatable bonds is 6. The summed E-state index contributed by atoms with van der Waals surface area (Å²) in [4.78, 5) is 26.3. The van der Waals surface area contributed by atoms with Crippen LogP contribution in [-0.2, 0) is 6.42 Å². The smallest absolute Gasteiger partial charge is 0.437 e. The van der Waals surface area contributed by atoms with Crippen LogP contribution in [-0.4, -0.2) is 48.0 Å². The molecule has 4 rings (SSSR count). The molecule has 1 aromatic heterocycles. The third kappa shape index (κ3) is 4.89. The number of amides is 1. The molecule has 0 bridgehead atoms. The van der Waals surface area contributed by atoms with Crippen molar-refractivity contribution in [3.8, 4) is 23.0 Å². The molecule has 174 valence electrons. The number of carbonyl (C=O) groups is 1. The average Bonchev–Trinajstić information content (AvgIpc) is 3.18. The summed E-state index contributed by atoms with van der Waals surface area (Å²) in [5.41, 5.74) is 7.11. The van der Waals surface area contributed by atoms with E-state index >= 15 is 0 Å². The van der Waals surface area contributed by atoms with Crippen molar-refractivity contribution in [1.82, 2.24) is 14.7 Å². The van der Waals surface area contributed by atoms with E-state index < -0.39 is 11.8 Å². The number of likely N-dealkylation sites (tertiary alicyclic amines) is 1. The van der Waals surface area contributed by atoms with Gasteiger partial charge in [-0.2, -0.15) is 4.68 Å². The van der Waals surface area contributed by atoms with E-state index in [0.717, 1.165) is 31.5 Å². The van der Waals surface area contributed by atoms with E-state index in [4.69, 9.17) is 31.2 Å². The van der Waals surface area contributed by atoms with Crippen molar-refractivity contribution < 1.29 is 18.7 Å². The molecular weight excluding hydrogens is 448 g/mol. The molecule has 9 nitrogen and oxygen atoms in total. The maximum Gasteiger partial charge on any atom is 0.437 e. The Balaban J connectivity index is 1.84. The lowest BCUT2D eigenvalue weighted by Crippen LogP contribution is -2.34. The zero-order chi connectivity index (χ0) is 23.5. The lowest BCUT2D eigenvalue weighted by Gasteiger charge is -2.27. The number of hydrogen-bond acceptors (Lipinski definition) is 7. The van der Waals surface area contributed by atoms with Crippen molar-refractivity contribution in [1.29, 1.82) is 0 Å². The molecule has 2 aromatic carbocycles. The largest absolute Gasteiger partial charge is 0.496 e. The van der Waals surface area contributed by atoms with Gasteiger partial charge in [0, 0.05) is 6.07 Å². The first-order valence-electron chi connectivity index (χ1n) is 10.6. The second-order valence-electron chi connectivity index (χ2n) is 7.98. The number of nitrogens with two attached hydrogens (primary N) is 1. The topological polar surface area (TPSA) is 113 Å². The second-order valence-corrected chi connectivity index (χ2v) is 8.36. The first-order valence-corrected chi connectivity index (χ1v) is 10.9. The Morgan fingerprint density at radius 1 is 1.24 bits per heavy atom. The number of halogens is 1. The predicted molar refractivity (Wildman–Crippen MR) is 123 cm³/mol. The second kappa shape index (κ2) is 9.68. The van der Waals surface area contributed by atoms with Gasteiger partial charge in [0.15, 0.2) is 5.75 Å². The Kier molecular flexibility index (Phi) is 6.71. The number of primary amides is 1. The molecule has 0 spiro atoms. The molecule has 1 fully saturated rings. The third-order valence-corrected chi connectivity index (χ3v) is 6.18. The predicted octanol–water partition coefficient (Wildman–Crippen LogP) is 3.48. The fraction of sp³-hybridized carbons (Fsp3) is 0.348. The van der Waals surface area contributed by atoms with Crippen molar-refractivity contribution in [3.63, 3.8) is 0 Å². The summed E-state index contributed by atoms with van der Waals surface area (Å²) in [5.74, 6) is -0.110. The zero-order valence-corrected chi connectivity index (χ0v) is 19.2. The minimum atomic E-state index is -1.00. The number of ether oxygens (including phenoxy) is 2. The van der Waals surface area contributed by atoms with Gasteiger partial charge in [-0.1, -0.05) is 41.9 Å². The normalized spacial score (nSPS) is 14.9. The van der Waals surface area contributed by atoms with Crippen LogP contribution in [0.1, 0.15) is 30.0 Å². The van der Waals surface area contributed by atoms with Crippen LogP contribution in [0.5, 0.6) is 11.5 Å². The first kappa shape index (κ1) is 22.9. The summed E-state index contributed by atoms with van der Waals surface area (Å²) in [6.45, 7) is 1.74. The number of benzene rings is 2. The fourth-order valence-electron chi connectivity index (χ4n) is 4.07. The molecule has 3 aromatic rings. The lowest BCUT2D eigenvalue weighted by molar-refractivity contribution is 0.206. The van der Waals surface area contributed by atoms with Gasteiger partial charge in [0.1, 0.15) is 5.75 Å². The van der Waals surface area contributed by atoms with Crippen molar-refractivity contribution in [2.24, 2.45) is 5.73 Å². The minimum Gasteiger partial charge on any atom is -0.496 e. The third-order valence-electron chi connectivity index (χ3n) is 5.76. The molecule has 1 amide bonds. The first-order chi connectivity index (χ1) is 15.9. The summed E-state index contributed by atoms with van der Waals surface area (Å²) in [7, 11) is 3.50. The van der Waals surface area contributed by atoms with Gasteiger partial charge >= 0.3 is 11.8 Å². The van der Waals surface area contributed by atoms with Gasteiger partial charge in [0.2, 0.25) is 0 Å². The molecule has 2 heterocycles. The van der Waals surface area contributed by atoms with Crippen molar-refractivity contribution in [3.05, 3.63) is 63.1 Å². The Morgan fingerprint density at radius 2 is 1.94 bits per heavy atom. The van der Waals surface area contributed by atoms with E-state index in [0.29, 0.717) is 23.3 Å². The Morgan fingerprint density at radius 3 is 2.58 bits per heavy atom. The van der Waals surface area contributed by atoms with E-state index in [-0.39, 0.29) is 22.7 Å². The van der Waals surface area contributed by atoms with Crippen LogP contribution in [0.4, 0.5) is 4.79 Å². The molecule has 1 aliphatic heterocycles. The van der Waals surface area contributed by atoms with Gasteiger partial charge < -0.3 is 24.5 Å². The number of nitrogens with zero attached hydrogens (tertiary/aromatic N) is 3. The van der Waals surface area contributed by atoms with Gasteiger partial charge in [0.25, 0.3) is 5.89 Å². The fourth-order valence-corrected chi connectivity index (χ4v) is 4.32. The number of aromatic nitrogens is 2. The molecule has 1 saturated heterocycles. The molecule has 0 unspecified atom stereocenters. The van der Waals surface area contributed by atoms with Gasteiger partial charge in [-0.05, 0) is 50.5 Å². The van der Waals surface area contributed by atoms with Crippen LogP contribution in [0.2, 0.25) is 5.02 Å². The Bertz CT molecular complexity index is 1200. The Labute approximate surface area is 195 Å². The van der Waals surface area contributed by atoms with Crippen LogP contribution in [0.3, 0.4) is 0 Å². The van der Waals surface area contributed by atoms with E-state index in [1.807, 2.05) is 37.4 Å². The van der Waals surface area contributed by atoms with Crippen LogP contribution in [0.25, 0.3) is 11.5 Å². The molecule has 0 radical (unpaired) electrons. The highest BCUT2D eigenvalue weighted by molar-refractivity contribution is 6.33. The molecular formula is C23H25ClN4O5. The maximum atomic E-state index is 12.7. The van der Waals surface area contributed by atoms with Crippen LogP contribution < -0.4 is 21.0 Å². The molecule has 10 heteroatoms. The molecule has 1 aliphatic rings. The number of piperidine rings is 1. The van der Waals surface area contributed by atoms with Gasteiger partial charge in [-0.25, -0.2) is 9.59 Å². The van der Waals surface area contributed by atoms with Crippen LogP contribution >= 0.6 is 11.6 Å². The monoisotopic (exact) mass is 472 g/mol. The van der Waals surface area contributed by atoms with Gasteiger partial charge in [0.05, 0.1) is 23.7 Å². The molecule has 33 heavy (non-hydrogen) atoms. The number of methoxy groups -OCH3 is 1. The highest BCUT2D eigenvalue weighted by atomic mass is 35.5. The molecule has 0 aliphatic carbocycles. The average molecular weight is 473 g/mol. The van der Waals surface area contributed by atoms with Crippen molar-refractivity contribution in [2.45, 2.75) is 25.3 Å². The summed E-state index contributed by atoms with van der Waals surface area (Å²) in [6, 6.07) is 11.0. The minimum absolute atomic E-state index is 0.0489. The van der Waals surface area contributed by atoms with E-state index in [1.54, 1.807) is 0 Å². The lowest BCUT2D eigenvalue weighted by atomic mass is 9.98. The highest BCUT2D eigenvalue weighted by Crippen LogP contribution is 2.43. The van der Waals surface area contributed by atoms with Gasteiger partial charge in [-0.3, -0.25) is 0 Å². The van der Waals surface area contributed by atoms with E-state index in [9.17, 15) is 9.59 Å². The molecule has 2 N–H and O–H groups in total. The zero-order valence-electron chi connectivity index (χ0n) is 18.4. The summed E-state index contributed by atoms with van der Waals surface area (Å²) >= 11 is 6.65. The van der Waals surface area contributed by atoms with E-state index in [2.05, 4.69) is 10.00 Å². The quantitative estimate of drug-likeness (QED) is 0.584. The standard InChI is InChI=1S/C23H25ClN4O5/c1-27-10-8-15(9-11-27)28-23(30)33-21(26-28)19-16(12-14-6-4-3-5-7-14)20(24)18(32-22(25)29)13-17(19)31-2/h3-7,13,15H,8-12H2,1-2H3,(H2,25,29). The van der Waals surface area contributed by atoms with Crippen LogP contribution in [0.15, 0.2) is 45.6 Å². The Hall–Kier alpha value is -3.30. The summed E-state index contributed by atoms with van der Waals surface area (Å²) < 4.78 is 17.6. The van der Waals surface area contributed by atoms with Crippen LogP contribution in [0, 0.1) is 0 Å². The van der Waals surface area contributed by atoms with Crippen molar-refractivity contribution in [2.75, 3.05) is 27.2 Å². The highest BCUT2D eigenvalue weighted by Gasteiger charge is 2.28. The van der Waals surface area contributed by atoms with E-state index in [1.165, 1.54) is 17.9 Å². The SMILES string of the molecule is COc1cc(OC(N)=O)c(Cl)c(Cc2ccccc2)c1-c1nn(C2CCN(C)CC2)c(=O)o1. The maximum absolute atomic E-state index is 12.7. The van der Waals surface area contributed by atoms with Gasteiger partial charge in [-0.15, -0.1) is 5.10 Å². The molecule has 0 atom stereocenters. The van der Waals surface area contributed by atoms with Crippen molar-refractivity contribution >= 4 is 17.7 Å².